The normalized spacial score (nSPS) is 47.8. The van der Waals surface area contributed by atoms with Gasteiger partial charge in [-0.05, 0) is 43.4 Å². The summed E-state index contributed by atoms with van der Waals surface area (Å²) in [6.07, 6.45) is 10.4. The van der Waals surface area contributed by atoms with E-state index in [9.17, 15) is 4.79 Å². The molecule has 4 atom stereocenters. The number of hydrogen-bond donors (Lipinski definition) is 0. The quantitative estimate of drug-likeness (QED) is 0.518. The summed E-state index contributed by atoms with van der Waals surface area (Å²) >= 11 is 0. The number of Topliss-reactive ketones (excluding diaryl/α,β-unsaturated/α-hetero) is 1. The van der Waals surface area contributed by atoms with Gasteiger partial charge in [0.1, 0.15) is 5.78 Å². The van der Waals surface area contributed by atoms with E-state index in [1.54, 1.807) is 0 Å². The third kappa shape index (κ3) is 1.02. The van der Waals surface area contributed by atoms with Crippen molar-refractivity contribution < 1.29 is 4.79 Å². The van der Waals surface area contributed by atoms with Gasteiger partial charge in [-0.2, -0.15) is 0 Å². The van der Waals surface area contributed by atoms with Crippen LogP contribution in [0.3, 0.4) is 0 Å². The van der Waals surface area contributed by atoms with Crippen molar-refractivity contribution in [1.29, 1.82) is 0 Å². The fourth-order valence-electron chi connectivity index (χ4n) is 3.75. The van der Waals surface area contributed by atoms with Gasteiger partial charge in [-0.1, -0.05) is 12.2 Å². The van der Waals surface area contributed by atoms with Crippen LogP contribution in [0.25, 0.3) is 0 Å². The summed E-state index contributed by atoms with van der Waals surface area (Å²) in [5.74, 6) is 3.35. The Bertz CT molecular complexity index is 266. The molecule has 3 rings (SSSR count). The number of ketones is 1. The summed E-state index contributed by atoms with van der Waals surface area (Å²) in [6, 6.07) is 0. The summed E-state index contributed by atoms with van der Waals surface area (Å²) in [5, 5.41) is 0. The smallest absolute Gasteiger partial charge is 0.136 e. The van der Waals surface area contributed by atoms with Gasteiger partial charge in [0.15, 0.2) is 0 Å². The second kappa shape index (κ2) is 2.70. The maximum atomic E-state index is 11.7. The standard InChI is InChI=1S/C12H16O/c13-11-7-6-9-5-4-8-2-1-3-10(11)12(8)9/h1-2,8-10,12H,3-7H2/t8-,9+,10-,12+/m0/s1. The lowest BCUT2D eigenvalue weighted by molar-refractivity contribution is -0.128. The lowest BCUT2D eigenvalue weighted by atomic mass is 9.66. The zero-order valence-electron chi connectivity index (χ0n) is 7.91. The van der Waals surface area contributed by atoms with Crippen LogP contribution in [0.1, 0.15) is 32.1 Å². The van der Waals surface area contributed by atoms with E-state index in [0.717, 1.165) is 30.6 Å². The van der Waals surface area contributed by atoms with Crippen molar-refractivity contribution >= 4 is 5.78 Å². The van der Waals surface area contributed by atoms with E-state index in [1.807, 2.05) is 0 Å². The van der Waals surface area contributed by atoms with E-state index in [1.165, 1.54) is 19.3 Å². The molecule has 0 amide bonds. The van der Waals surface area contributed by atoms with Crippen LogP contribution in [0.4, 0.5) is 0 Å². The van der Waals surface area contributed by atoms with E-state index >= 15 is 0 Å². The molecule has 0 aromatic heterocycles. The molecule has 70 valence electrons. The molecule has 1 heteroatoms. The minimum Gasteiger partial charge on any atom is -0.299 e. The summed E-state index contributed by atoms with van der Waals surface area (Å²) in [6.45, 7) is 0. The van der Waals surface area contributed by atoms with Gasteiger partial charge in [0, 0.05) is 12.3 Å². The third-order valence-electron chi connectivity index (χ3n) is 4.32. The molecular formula is C12H16O. The van der Waals surface area contributed by atoms with Crippen molar-refractivity contribution in [2.24, 2.45) is 23.7 Å². The van der Waals surface area contributed by atoms with Crippen molar-refractivity contribution in [3.63, 3.8) is 0 Å². The summed E-state index contributed by atoms with van der Waals surface area (Å²) < 4.78 is 0. The maximum absolute atomic E-state index is 11.7. The van der Waals surface area contributed by atoms with Crippen molar-refractivity contribution in [2.75, 3.05) is 0 Å². The van der Waals surface area contributed by atoms with Gasteiger partial charge in [-0.3, -0.25) is 4.79 Å². The SMILES string of the molecule is O=C1CC[C@H]2CC[C@@H]3C=CC[C@@H]1[C@@H]23. The van der Waals surface area contributed by atoms with Crippen LogP contribution in [0, 0.1) is 23.7 Å². The monoisotopic (exact) mass is 176 g/mol. The summed E-state index contributed by atoms with van der Waals surface area (Å²) in [4.78, 5) is 11.7. The van der Waals surface area contributed by atoms with Gasteiger partial charge in [0.2, 0.25) is 0 Å². The maximum Gasteiger partial charge on any atom is 0.136 e. The fraction of sp³-hybridized carbons (Fsp3) is 0.750. The molecule has 0 aromatic rings. The van der Waals surface area contributed by atoms with E-state index in [-0.39, 0.29) is 0 Å². The number of allylic oxidation sites excluding steroid dienone is 2. The van der Waals surface area contributed by atoms with Crippen LogP contribution < -0.4 is 0 Å². The second-order valence-corrected chi connectivity index (χ2v) is 4.85. The molecule has 2 fully saturated rings. The Labute approximate surface area is 79.2 Å². The highest BCUT2D eigenvalue weighted by molar-refractivity contribution is 5.82. The molecule has 0 unspecified atom stereocenters. The highest BCUT2D eigenvalue weighted by Crippen LogP contribution is 2.51. The van der Waals surface area contributed by atoms with Crippen LogP contribution in [0.2, 0.25) is 0 Å². The Hall–Kier alpha value is -0.590. The summed E-state index contributed by atoms with van der Waals surface area (Å²) in [7, 11) is 0. The van der Waals surface area contributed by atoms with Crippen LogP contribution in [0.15, 0.2) is 12.2 Å². The van der Waals surface area contributed by atoms with Gasteiger partial charge in [-0.25, -0.2) is 0 Å². The molecule has 0 radical (unpaired) electrons. The molecule has 1 nitrogen and oxygen atoms in total. The van der Waals surface area contributed by atoms with Gasteiger partial charge in [0.05, 0.1) is 0 Å². The van der Waals surface area contributed by atoms with E-state index in [4.69, 9.17) is 0 Å². The van der Waals surface area contributed by atoms with Gasteiger partial charge < -0.3 is 0 Å². The molecule has 0 aliphatic heterocycles. The molecule has 0 bridgehead atoms. The number of carbonyl (C=O) groups is 1. The minimum atomic E-state index is 0.413. The molecule has 0 spiro atoms. The Morgan fingerprint density at radius 2 is 2.15 bits per heavy atom. The number of rotatable bonds is 0. The molecule has 3 aliphatic rings. The first-order valence-corrected chi connectivity index (χ1v) is 5.55. The van der Waals surface area contributed by atoms with Crippen molar-refractivity contribution in [1.82, 2.24) is 0 Å². The zero-order valence-corrected chi connectivity index (χ0v) is 7.91. The minimum absolute atomic E-state index is 0.413. The zero-order chi connectivity index (χ0) is 8.84. The topological polar surface area (TPSA) is 17.1 Å². The number of carbonyl (C=O) groups excluding carboxylic acids is 1. The molecule has 0 heterocycles. The second-order valence-electron chi connectivity index (χ2n) is 4.85. The summed E-state index contributed by atoms with van der Waals surface area (Å²) in [5.41, 5.74) is 0. The first-order chi connectivity index (χ1) is 6.36. The van der Waals surface area contributed by atoms with Crippen LogP contribution in [0.5, 0.6) is 0 Å². The fourth-order valence-corrected chi connectivity index (χ4v) is 3.75. The molecular weight excluding hydrogens is 160 g/mol. The average molecular weight is 176 g/mol. The average Bonchev–Trinajstić information content (AvgIpc) is 2.57. The van der Waals surface area contributed by atoms with Crippen LogP contribution in [-0.4, -0.2) is 5.78 Å². The Kier molecular flexibility index (Phi) is 1.61. The third-order valence-corrected chi connectivity index (χ3v) is 4.32. The van der Waals surface area contributed by atoms with E-state index < -0.39 is 0 Å². The largest absolute Gasteiger partial charge is 0.299 e. The highest BCUT2D eigenvalue weighted by Gasteiger charge is 2.46. The molecule has 0 N–H and O–H groups in total. The van der Waals surface area contributed by atoms with Crippen molar-refractivity contribution in [3.05, 3.63) is 12.2 Å². The first-order valence-electron chi connectivity index (χ1n) is 5.55. The molecule has 0 aromatic carbocycles. The molecule has 3 aliphatic carbocycles. The molecule has 0 saturated heterocycles. The Morgan fingerprint density at radius 1 is 1.23 bits per heavy atom. The van der Waals surface area contributed by atoms with Gasteiger partial charge in [0.25, 0.3) is 0 Å². The predicted octanol–water partition coefficient (Wildman–Crippen LogP) is 2.57. The molecule has 2 saturated carbocycles. The van der Waals surface area contributed by atoms with Crippen LogP contribution >= 0.6 is 0 Å². The Morgan fingerprint density at radius 3 is 3.08 bits per heavy atom. The first kappa shape index (κ1) is 7.78. The molecule has 13 heavy (non-hydrogen) atoms. The lowest BCUT2D eigenvalue weighted by Gasteiger charge is -2.37. The van der Waals surface area contributed by atoms with Crippen LogP contribution in [-0.2, 0) is 4.79 Å². The predicted molar refractivity (Wildman–Crippen MR) is 51.2 cm³/mol. The van der Waals surface area contributed by atoms with Crippen molar-refractivity contribution in [3.8, 4) is 0 Å². The Balaban J connectivity index is 1.96. The van der Waals surface area contributed by atoms with Gasteiger partial charge in [-0.15, -0.1) is 0 Å². The van der Waals surface area contributed by atoms with E-state index in [2.05, 4.69) is 12.2 Å². The highest BCUT2D eigenvalue weighted by atomic mass is 16.1. The van der Waals surface area contributed by atoms with Gasteiger partial charge >= 0.3 is 0 Å². The lowest BCUT2D eigenvalue weighted by Crippen LogP contribution is -2.36. The number of hydrogen-bond acceptors (Lipinski definition) is 1. The van der Waals surface area contributed by atoms with E-state index in [0.29, 0.717) is 11.7 Å². The van der Waals surface area contributed by atoms with Crippen molar-refractivity contribution in [2.45, 2.75) is 32.1 Å².